The number of rotatable bonds is 6. The maximum absolute atomic E-state index is 11.8. The predicted octanol–water partition coefficient (Wildman–Crippen LogP) is 2.97. The number of carbonyl (C=O) groups excluding carboxylic acids is 1. The molecule has 6 heteroatoms. The Morgan fingerprint density at radius 1 is 1.13 bits per heavy atom. The number of nitrogens with two attached hydrogens (primary N) is 1. The average molecular weight is 329 g/mol. The number of para-hydroxylation sites is 1. The number of oxime groups is 1. The van der Waals surface area contributed by atoms with Crippen LogP contribution in [0.15, 0.2) is 64.6 Å². The molecule has 0 radical (unpaired) electrons. The Balaban J connectivity index is 1.92. The number of anilines is 1. The molecule has 0 fully saturated rings. The molecule has 0 unspecified atom stereocenters. The first-order chi connectivity index (χ1) is 11.1. The molecule has 0 bridgehead atoms. The Bertz CT molecular complexity index is 687. The predicted molar refractivity (Wildman–Crippen MR) is 95.0 cm³/mol. The van der Waals surface area contributed by atoms with Crippen molar-refractivity contribution in [1.29, 1.82) is 0 Å². The van der Waals surface area contributed by atoms with Gasteiger partial charge < -0.3 is 15.5 Å². The van der Waals surface area contributed by atoms with Gasteiger partial charge in [-0.3, -0.25) is 0 Å². The average Bonchev–Trinajstić information content (AvgIpc) is 2.58. The molecular weight excluding hydrogens is 310 g/mol. The van der Waals surface area contributed by atoms with E-state index >= 15 is 0 Å². The fraction of sp³-hybridized carbons (Fsp3) is 0.176. The summed E-state index contributed by atoms with van der Waals surface area (Å²) in [7, 11) is 3.97. The summed E-state index contributed by atoms with van der Waals surface area (Å²) in [6, 6.07) is 16.7. The summed E-state index contributed by atoms with van der Waals surface area (Å²) in [5.74, 6) is 0.174. The van der Waals surface area contributed by atoms with Crippen molar-refractivity contribution in [3.05, 3.63) is 60.2 Å². The summed E-state index contributed by atoms with van der Waals surface area (Å²) in [6.45, 7) is 0. The number of amidine groups is 1. The maximum atomic E-state index is 11.8. The summed E-state index contributed by atoms with van der Waals surface area (Å²) in [6.07, 6.45) is 0. The second-order valence-electron chi connectivity index (χ2n) is 4.98. The zero-order valence-corrected chi connectivity index (χ0v) is 13.9. The van der Waals surface area contributed by atoms with Crippen molar-refractivity contribution in [2.75, 3.05) is 24.7 Å². The molecule has 0 aliphatic rings. The molecule has 0 saturated carbocycles. The molecule has 0 aliphatic carbocycles. The van der Waals surface area contributed by atoms with Gasteiger partial charge in [0.2, 0.25) is 0 Å². The van der Waals surface area contributed by atoms with Gasteiger partial charge in [-0.1, -0.05) is 35.5 Å². The van der Waals surface area contributed by atoms with E-state index in [0.717, 1.165) is 10.6 Å². The number of hydrogen-bond acceptors (Lipinski definition) is 5. The van der Waals surface area contributed by atoms with E-state index in [1.54, 1.807) is 36.0 Å². The van der Waals surface area contributed by atoms with Crippen LogP contribution in [0.5, 0.6) is 0 Å². The highest BCUT2D eigenvalue weighted by molar-refractivity contribution is 8.00. The third-order valence-corrected chi connectivity index (χ3v) is 4.07. The minimum Gasteiger partial charge on any atom is -0.384 e. The van der Waals surface area contributed by atoms with E-state index < -0.39 is 5.97 Å². The summed E-state index contributed by atoms with van der Waals surface area (Å²) in [5, 5.41) is 3.70. The van der Waals surface area contributed by atoms with Gasteiger partial charge >= 0.3 is 5.97 Å². The fourth-order valence-corrected chi connectivity index (χ4v) is 2.78. The SMILES string of the molecule is CN(C)c1ccccc1SCC(N)=NOC(=O)c1ccccc1. The smallest absolute Gasteiger partial charge is 0.365 e. The fourth-order valence-electron chi connectivity index (χ4n) is 1.85. The minimum atomic E-state index is -0.521. The summed E-state index contributed by atoms with van der Waals surface area (Å²) in [4.78, 5) is 19.7. The van der Waals surface area contributed by atoms with Crippen LogP contribution >= 0.6 is 11.8 Å². The number of hydrogen-bond donors (Lipinski definition) is 1. The van der Waals surface area contributed by atoms with Gasteiger partial charge in [0.1, 0.15) is 5.84 Å². The van der Waals surface area contributed by atoms with E-state index in [0.29, 0.717) is 11.3 Å². The van der Waals surface area contributed by atoms with Gasteiger partial charge in [0.25, 0.3) is 0 Å². The number of benzene rings is 2. The quantitative estimate of drug-likeness (QED) is 0.290. The second-order valence-corrected chi connectivity index (χ2v) is 6.00. The molecule has 0 aliphatic heterocycles. The van der Waals surface area contributed by atoms with Crippen LogP contribution in [-0.2, 0) is 4.84 Å². The molecule has 0 spiro atoms. The van der Waals surface area contributed by atoms with Crippen LogP contribution in [0.25, 0.3) is 0 Å². The van der Waals surface area contributed by atoms with E-state index in [2.05, 4.69) is 5.16 Å². The van der Waals surface area contributed by atoms with Crippen LogP contribution in [-0.4, -0.2) is 31.7 Å². The van der Waals surface area contributed by atoms with Gasteiger partial charge in [0.05, 0.1) is 11.3 Å². The topological polar surface area (TPSA) is 67.9 Å². The summed E-state index contributed by atoms with van der Waals surface area (Å²) < 4.78 is 0. The molecule has 0 atom stereocenters. The van der Waals surface area contributed by atoms with Gasteiger partial charge in [-0.25, -0.2) is 4.79 Å². The standard InChI is InChI=1S/C17H19N3O2S/c1-20(2)14-10-6-7-11-15(14)23-12-16(18)19-22-17(21)13-8-4-3-5-9-13/h3-11H,12H2,1-2H3,(H2,18,19). The minimum absolute atomic E-state index is 0.257. The molecular formula is C17H19N3O2S. The third-order valence-electron chi connectivity index (χ3n) is 2.98. The zero-order valence-electron chi connectivity index (χ0n) is 13.1. The molecule has 23 heavy (non-hydrogen) atoms. The Kier molecular flexibility index (Phi) is 6.05. The van der Waals surface area contributed by atoms with Crippen molar-refractivity contribution < 1.29 is 9.63 Å². The molecule has 2 N–H and O–H groups in total. The van der Waals surface area contributed by atoms with Crippen LogP contribution in [0.2, 0.25) is 0 Å². The lowest BCUT2D eigenvalue weighted by Crippen LogP contribution is -2.17. The highest BCUT2D eigenvalue weighted by Gasteiger charge is 2.08. The van der Waals surface area contributed by atoms with Crippen molar-refractivity contribution in [3.63, 3.8) is 0 Å². The van der Waals surface area contributed by atoms with Crippen molar-refractivity contribution in [2.45, 2.75) is 4.90 Å². The first-order valence-corrected chi connectivity index (χ1v) is 8.04. The highest BCUT2D eigenvalue weighted by atomic mass is 32.2. The summed E-state index contributed by atoms with van der Waals surface area (Å²) >= 11 is 1.54. The summed E-state index contributed by atoms with van der Waals surface area (Å²) in [5.41, 5.74) is 7.36. The molecule has 120 valence electrons. The van der Waals surface area contributed by atoms with Crippen LogP contribution < -0.4 is 10.6 Å². The normalized spacial score (nSPS) is 11.1. The Morgan fingerprint density at radius 2 is 1.78 bits per heavy atom. The lowest BCUT2D eigenvalue weighted by Gasteiger charge is -2.16. The van der Waals surface area contributed by atoms with Crippen LogP contribution in [0.1, 0.15) is 10.4 Å². The van der Waals surface area contributed by atoms with E-state index in [1.807, 2.05) is 49.3 Å². The van der Waals surface area contributed by atoms with Crippen molar-refractivity contribution in [3.8, 4) is 0 Å². The molecule has 0 heterocycles. The van der Waals surface area contributed by atoms with Gasteiger partial charge in [-0.05, 0) is 24.3 Å². The lowest BCUT2D eigenvalue weighted by molar-refractivity contribution is 0.0515. The molecule has 2 aromatic carbocycles. The van der Waals surface area contributed by atoms with E-state index in [1.165, 1.54) is 0 Å². The molecule has 5 nitrogen and oxygen atoms in total. The van der Waals surface area contributed by atoms with Gasteiger partial charge in [0.15, 0.2) is 0 Å². The molecule has 0 aromatic heterocycles. The van der Waals surface area contributed by atoms with Crippen LogP contribution in [0, 0.1) is 0 Å². The van der Waals surface area contributed by atoms with E-state index in [-0.39, 0.29) is 5.84 Å². The molecule has 2 rings (SSSR count). The number of carbonyl (C=O) groups is 1. The Hall–Kier alpha value is -2.47. The largest absolute Gasteiger partial charge is 0.384 e. The Morgan fingerprint density at radius 3 is 2.48 bits per heavy atom. The van der Waals surface area contributed by atoms with E-state index in [9.17, 15) is 4.79 Å². The third kappa shape index (κ3) is 5.03. The highest BCUT2D eigenvalue weighted by Crippen LogP contribution is 2.28. The van der Waals surface area contributed by atoms with Crippen molar-refractivity contribution in [1.82, 2.24) is 0 Å². The molecule has 0 saturated heterocycles. The monoisotopic (exact) mass is 329 g/mol. The first-order valence-electron chi connectivity index (χ1n) is 7.06. The van der Waals surface area contributed by atoms with E-state index in [4.69, 9.17) is 10.6 Å². The molecule has 2 aromatic rings. The van der Waals surface area contributed by atoms with Crippen molar-refractivity contribution in [2.24, 2.45) is 10.9 Å². The van der Waals surface area contributed by atoms with Gasteiger partial charge in [0, 0.05) is 24.7 Å². The van der Waals surface area contributed by atoms with Crippen LogP contribution in [0.4, 0.5) is 5.69 Å². The van der Waals surface area contributed by atoms with Gasteiger partial charge in [-0.2, -0.15) is 0 Å². The Labute approximate surface area is 140 Å². The lowest BCUT2D eigenvalue weighted by atomic mass is 10.2. The van der Waals surface area contributed by atoms with Crippen LogP contribution in [0.3, 0.4) is 0 Å². The van der Waals surface area contributed by atoms with Gasteiger partial charge in [-0.15, -0.1) is 11.8 Å². The second kappa shape index (κ2) is 8.24. The number of nitrogens with zero attached hydrogens (tertiary/aromatic N) is 2. The molecule has 0 amide bonds. The zero-order chi connectivity index (χ0) is 16.7. The first kappa shape index (κ1) is 16.9. The maximum Gasteiger partial charge on any atom is 0.365 e. The number of thioether (sulfide) groups is 1. The van der Waals surface area contributed by atoms with Crippen molar-refractivity contribution >= 4 is 29.3 Å².